The molecule has 0 unspecified atom stereocenters. The Bertz CT molecular complexity index is 560. The smallest absolute Gasteiger partial charge is 0.330 e. The largest absolute Gasteiger partial charge is 0.467 e. The number of esters is 1. The number of aromatic nitrogens is 1. The van der Waals surface area contributed by atoms with Gasteiger partial charge in [-0.2, -0.15) is 0 Å². The molecule has 1 fully saturated rings. The molecular weight excluding hydrogens is 228 g/mol. The van der Waals surface area contributed by atoms with Crippen molar-refractivity contribution in [1.29, 1.82) is 0 Å². The summed E-state index contributed by atoms with van der Waals surface area (Å²) in [5.74, 6) is -0.0972. The lowest BCUT2D eigenvalue weighted by atomic mass is 9.97. The average molecular weight is 244 g/mol. The third kappa shape index (κ3) is 1.03. The van der Waals surface area contributed by atoms with E-state index in [1.807, 2.05) is 0 Å². The molecule has 1 aromatic heterocycles. The van der Waals surface area contributed by atoms with E-state index in [1.165, 1.54) is 18.4 Å². The van der Waals surface area contributed by atoms with E-state index < -0.39 is 5.54 Å². The molecule has 4 heteroatoms. The maximum Gasteiger partial charge on any atom is 0.330 e. The number of nitrogens with zero attached hydrogens (tertiary/aromatic N) is 2. The molecule has 0 aliphatic carbocycles. The van der Waals surface area contributed by atoms with Gasteiger partial charge in [0.15, 0.2) is 0 Å². The van der Waals surface area contributed by atoms with Gasteiger partial charge in [0.1, 0.15) is 5.54 Å². The summed E-state index contributed by atoms with van der Waals surface area (Å²) in [6.07, 6.45) is 6.24. The number of carbonyl (C=O) groups excluding carboxylic acids is 1. The lowest BCUT2D eigenvalue weighted by Crippen LogP contribution is -2.47. The molecule has 18 heavy (non-hydrogen) atoms. The number of fused-ring (bicyclic) bond motifs is 5. The molecule has 2 atom stereocenters. The molecule has 4 heterocycles. The summed E-state index contributed by atoms with van der Waals surface area (Å²) in [5.41, 5.74) is 2.19. The first-order valence-electron chi connectivity index (χ1n) is 6.48. The number of methoxy groups -OCH3 is 1. The minimum absolute atomic E-state index is 0.0972. The fourth-order valence-electron chi connectivity index (χ4n) is 3.92. The van der Waals surface area contributed by atoms with Crippen LogP contribution in [0, 0.1) is 0 Å². The average Bonchev–Trinajstić information content (AvgIpc) is 3.04. The topological polar surface area (TPSA) is 34.5 Å². The minimum atomic E-state index is -0.482. The molecular formula is C14H16N2O2. The van der Waals surface area contributed by atoms with Gasteiger partial charge in [-0.05, 0) is 30.5 Å². The van der Waals surface area contributed by atoms with Crippen molar-refractivity contribution in [3.8, 4) is 0 Å². The van der Waals surface area contributed by atoms with Crippen LogP contribution in [-0.2, 0) is 16.1 Å². The van der Waals surface area contributed by atoms with Crippen molar-refractivity contribution in [3.05, 3.63) is 35.7 Å². The summed E-state index contributed by atoms with van der Waals surface area (Å²) in [4.78, 5) is 14.5. The van der Waals surface area contributed by atoms with Crippen LogP contribution >= 0.6 is 0 Å². The van der Waals surface area contributed by atoms with Crippen LogP contribution in [0.1, 0.15) is 24.6 Å². The highest BCUT2D eigenvalue weighted by Crippen LogP contribution is 2.51. The van der Waals surface area contributed by atoms with Crippen molar-refractivity contribution in [2.24, 2.45) is 0 Å². The molecule has 3 aliphatic rings. The first kappa shape index (κ1) is 10.4. The maximum atomic E-state index is 12.2. The first-order valence-corrected chi connectivity index (χ1v) is 6.48. The zero-order chi connectivity index (χ0) is 12.3. The van der Waals surface area contributed by atoms with Gasteiger partial charge in [0.2, 0.25) is 0 Å². The molecule has 1 saturated heterocycles. The van der Waals surface area contributed by atoms with E-state index in [-0.39, 0.29) is 5.97 Å². The SMILES string of the molecule is COC(=O)[C@@]12C=C3Cn4cccc4[C@@H]3N1CCC2. The second kappa shape index (κ2) is 3.26. The van der Waals surface area contributed by atoms with Crippen LogP contribution in [0.3, 0.4) is 0 Å². The van der Waals surface area contributed by atoms with Gasteiger partial charge in [0.05, 0.1) is 13.2 Å². The van der Waals surface area contributed by atoms with Gasteiger partial charge in [-0.25, -0.2) is 4.79 Å². The summed E-state index contributed by atoms with van der Waals surface area (Å²) in [6.45, 7) is 1.90. The number of hydrogen-bond acceptors (Lipinski definition) is 3. The Labute approximate surface area is 106 Å². The number of hydrogen-bond donors (Lipinski definition) is 0. The summed E-state index contributed by atoms with van der Waals surface area (Å²) in [7, 11) is 1.49. The highest BCUT2D eigenvalue weighted by molar-refractivity contribution is 5.85. The highest BCUT2D eigenvalue weighted by atomic mass is 16.5. The molecule has 4 nitrogen and oxygen atoms in total. The zero-order valence-corrected chi connectivity index (χ0v) is 10.4. The Balaban J connectivity index is 1.83. The fraction of sp³-hybridized carbons (Fsp3) is 0.500. The molecule has 0 amide bonds. The molecule has 94 valence electrons. The van der Waals surface area contributed by atoms with Gasteiger partial charge in [-0.1, -0.05) is 6.08 Å². The summed E-state index contributed by atoms with van der Waals surface area (Å²) >= 11 is 0. The number of ether oxygens (including phenoxy) is 1. The van der Waals surface area contributed by atoms with E-state index in [9.17, 15) is 4.79 Å². The quantitative estimate of drug-likeness (QED) is 0.554. The van der Waals surface area contributed by atoms with E-state index >= 15 is 0 Å². The van der Waals surface area contributed by atoms with Crippen LogP contribution in [0.4, 0.5) is 0 Å². The maximum absolute atomic E-state index is 12.2. The predicted octanol–water partition coefficient (Wildman–Crippen LogP) is 1.49. The molecule has 0 saturated carbocycles. The second-order valence-corrected chi connectivity index (χ2v) is 5.40. The van der Waals surface area contributed by atoms with E-state index in [4.69, 9.17) is 4.74 Å². The van der Waals surface area contributed by atoms with E-state index in [2.05, 4.69) is 33.9 Å². The molecule has 4 rings (SSSR count). The van der Waals surface area contributed by atoms with Crippen LogP contribution in [0.2, 0.25) is 0 Å². The van der Waals surface area contributed by atoms with E-state index in [0.717, 1.165) is 25.9 Å². The normalized spacial score (nSPS) is 32.9. The Morgan fingerprint density at radius 2 is 2.44 bits per heavy atom. The monoisotopic (exact) mass is 244 g/mol. The van der Waals surface area contributed by atoms with Crippen molar-refractivity contribution in [2.45, 2.75) is 31.0 Å². The molecule has 0 spiro atoms. The van der Waals surface area contributed by atoms with Crippen LogP contribution in [0.25, 0.3) is 0 Å². The van der Waals surface area contributed by atoms with Gasteiger partial charge < -0.3 is 9.30 Å². The van der Waals surface area contributed by atoms with Crippen molar-refractivity contribution in [2.75, 3.05) is 13.7 Å². The third-order valence-corrected chi connectivity index (χ3v) is 4.59. The van der Waals surface area contributed by atoms with Gasteiger partial charge in [0, 0.05) is 25.0 Å². The molecule has 3 aliphatic heterocycles. The van der Waals surface area contributed by atoms with Crippen molar-refractivity contribution in [1.82, 2.24) is 9.47 Å². The Hall–Kier alpha value is -1.55. The summed E-state index contributed by atoms with van der Waals surface area (Å²) in [6, 6.07) is 4.54. The highest BCUT2D eigenvalue weighted by Gasteiger charge is 2.56. The van der Waals surface area contributed by atoms with Gasteiger partial charge in [0.25, 0.3) is 0 Å². The lowest BCUT2D eigenvalue weighted by molar-refractivity contribution is -0.150. The zero-order valence-electron chi connectivity index (χ0n) is 10.4. The Morgan fingerprint density at radius 1 is 1.56 bits per heavy atom. The van der Waals surface area contributed by atoms with Crippen molar-refractivity contribution in [3.63, 3.8) is 0 Å². The summed E-state index contributed by atoms with van der Waals surface area (Å²) < 4.78 is 7.32. The minimum Gasteiger partial charge on any atom is -0.467 e. The van der Waals surface area contributed by atoms with Gasteiger partial charge in [-0.3, -0.25) is 4.90 Å². The molecule has 0 N–H and O–H groups in total. The van der Waals surface area contributed by atoms with Crippen LogP contribution < -0.4 is 0 Å². The van der Waals surface area contributed by atoms with Crippen molar-refractivity contribution < 1.29 is 9.53 Å². The van der Waals surface area contributed by atoms with Crippen molar-refractivity contribution >= 4 is 5.97 Å². The fourth-order valence-corrected chi connectivity index (χ4v) is 3.92. The second-order valence-electron chi connectivity index (χ2n) is 5.40. The standard InChI is InChI=1S/C14H16N2O2/c1-18-13(17)14-5-3-7-16(14)12-10(8-14)9-15-6-2-4-11(12)15/h2,4,6,8,12H,3,5,7,9H2,1H3/t12-,14-/m1/s1. The molecule has 0 bridgehead atoms. The first-order chi connectivity index (χ1) is 8.76. The van der Waals surface area contributed by atoms with Gasteiger partial charge in [-0.15, -0.1) is 0 Å². The molecule has 0 aromatic carbocycles. The Kier molecular flexibility index (Phi) is 1.88. The Morgan fingerprint density at radius 3 is 3.28 bits per heavy atom. The number of carbonyl (C=O) groups is 1. The molecule has 1 aromatic rings. The lowest BCUT2D eigenvalue weighted by Gasteiger charge is -2.31. The van der Waals surface area contributed by atoms with E-state index in [1.54, 1.807) is 0 Å². The summed E-state index contributed by atoms with van der Waals surface area (Å²) in [5, 5.41) is 0. The predicted molar refractivity (Wildman–Crippen MR) is 65.9 cm³/mol. The molecule has 0 radical (unpaired) electrons. The van der Waals surface area contributed by atoms with Crippen LogP contribution in [0.5, 0.6) is 0 Å². The third-order valence-electron chi connectivity index (χ3n) is 4.59. The van der Waals surface area contributed by atoms with Crippen LogP contribution in [0.15, 0.2) is 30.0 Å². The van der Waals surface area contributed by atoms with Crippen LogP contribution in [-0.4, -0.2) is 34.6 Å². The number of rotatable bonds is 1. The van der Waals surface area contributed by atoms with E-state index in [0.29, 0.717) is 6.04 Å². The van der Waals surface area contributed by atoms with Gasteiger partial charge >= 0.3 is 5.97 Å².